The van der Waals surface area contributed by atoms with Gasteiger partial charge in [0.15, 0.2) is 0 Å². The number of hydrogen-bond acceptors (Lipinski definition) is 4. The highest BCUT2D eigenvalue weighted by Crippen LogP contribution is 2.23. The van der Waals surface area contributed by atoms with Crippen LogP contribution in [0, 0.1) is 5.92 Å². The highest BCUT2D eigenvalue weighted by molar-refractivity contribution is 5.97. The first-order chi connectivity index (χ1) is 12.5. The average molecular weight is 353 g/mol. The van der Waals surface area contributed by atoms with E-state index in [9.17, 15) is 9.59 Å². The molecule has 2 heterocycles. The van der Waals surface area contributed by atoms with Gasteiger partial charge < -0.3 is 15.0 Å². The van der Waals surface area contributed by atoms with Crippen LogP contribution in [0.5, 0.6) is 5.75 Å². The Balaban J connectivity index is 1.56. The minimum Gasteiger partial charge on any atom is -0.491 e. The third kappa shape index (κ3) is 4.59. The first-order valence-corrected chi connectivity index (χ1v) is 8.75. The van der Waals surface area contributed by atoms with Crippen LogP contribution in [0.3, 0.4) is 0 Å². The summed E-state index contributed by atoms with van der Waals surface area (Å²) in [6.07, 6.45) is 3.77. The lowest BCUT2D eigenvalue weighted by Crippen LogP contribution is -2.28. The van der Waals surface area contributed by atoms with Crippen molar-refractivity contribution in [2.45, 2.75) is 32.9 Å². The SMILES string of the molecule is CC(C)Oc1ccc(NC(=O)C2CC(=O)N(Cc3cccnc3)C2)cc1. The molecular formula is C20H23N3O3. The molecule has 0 spiro atoms. The maximum absolute atomic E-state index is 12.5. The maximum atomic E-state index is 12.5. The summed E-state index contributed by atoms with van der Waals surface area (Å²) in [6, 6.07) is 11.0. The quantitative estimate of drug-likeness (QED) is 0.867. The van der Waals surface area contributed by atoms with Gasteiger partial charge in [0.1, 0.15) is 5.75 Å². The van der Waals surface area contributed by atoms with E-state index in [1.165, 1.54) is 0 Å². The van der Waals surface area contributed by atoms with E-state index in [0.717, 1.165) is 11.3 Å². The molecule has 0 bridgehead atoms. The molecule has 2 aromatic rings. The second-order valence-electron chi connectivity index (χ2n) is 6.72. The van der Waals surface area contributed by atoms with Crippen LogP contribution in [-0.2, 0) is 16.1 Å². The monoisotopic (exact) mass is 353 g/mol. The van der Waals surface area contributed by atoms with Crippen LogP contribution in [0.2, 0.25) is 0 Å². The molecule has 0 radical (unpaired) electrons. The number of hydrogen-bond donors (Lipinski definition) is 1. The number of benzene rings is 1. The average Bonchev–Trinajstić information content (AvgIpc) is 2.98. The molecule has 3 rings (SSSR count). The zero-order valence-corrected chi connectivity index (χ0v) is 15.0. The minimum absolute atomic E-state index is 0.00492. The lowest BCUT2D eigenvalue weighted by atomic mass is 10.1. The Bertz CT molecular complexity index is 760. The number of amides is 2. The minimum atomic E-state index is -0.342. The summed E-state index contributed by atoms with van der Waals surface area (Å²) >= 11 is 0. The second kappa shape index (κ2) is 7.99. The van der Waals surface area contributed by atoms with Crippen molar-refractivity contribution in [2.24, 2.45) is 5.92 Å². The van der Waals surface area contributed by atoms with Crippen molar-refractivity contribution in [2.75, 3.05) is 11.9 Å². The van der Waals surface area contributed by atoms with Crippen molar-refractivity contribution >= 4 is 17.5 Å². The molecule has 136 valence electrons. The van der Waals surface area contributed by atoms with Crippen molar-refractivity contribution in [3.05, 3.63) is 54.4 Å². The van der Waals surface area contributed by atoms with Crippen molar-refractivity contribution < 1.29 is 14.3 Å². The predicted octanol–water partition coefficient (Wildman–Crippen LogP) is 2.86. The first-order valence-electron chi connectivity index (χ1n) is 8.75. The molecule has 1 aliphatic rings. The zero-order chi connectivity index (χ0) is 18.5. The van der Waals surface area contributed by atoms with Crippen molar-refractivity contribution in [3.63, 3.8) is 0 Å². The molecule has 1 fully saturated rings. The second-order valence-corrected chi connectivity index (χ2v) is 6.72. The van der Waals surface area contributed by atoms with E-state index >= 15 is 0 Å². The van der Waals surface area contributed by atoms with Crippen LogP contribution < -0.4 is 10.1 Å². The first kappa shape index (κ1) is 17.9. The number of nitrogens with zero attached hydrogens (tertiary/aromatic N) is 2. The van der Waals surface area contributed by atoms with Gasteiger partial charge in [-0.05, 0) is 49.7 Å². The number of carbonyl (C=O) groups excluding carboxylic acids is 2. The number of aromatic nitrogens is 1. The molecule has 26 heavy (non-hydrogen) atoms. The molecule has 1 aromatic carbocycles. The van der Waals surface area contributed by atoms with Gasteiger partial charge in [0.25, 0.3) is 0 Å². The summed E-state index contributed by atoms with van der Waals surface area (Å²) in [6.45, 7) is 4.83. The maximum Gasteiger partial charge on any atom is 0.229 e. The number of carbonyl (C=O) groups is 2. The van der Waals surface area contributed by atoms with Crippen LogP contribution in [0.25, 0.3) is 0 Å². The molecule has 6 nitrogen and oxygen atoms in total. The number of likely N-dealkylation sites (tertiary alicyclic amines) is 1. The Morgan fingerprint density at radius 1 is 1.31 bits per heavy atom. The van der Waals surface area contributed by atoms with Gasteiger partial charge in [-0.15, -0.1) is 0 Å². The van der Waals surface area contributed by atoms with Crippen LogP contribution in [0.15, 0.2) is 48.8 Å². The molecule has 1 N–H and O–H groups in total. The predicted molar refractivity (Wildman–Crippen MR) is 98.6 cm³/mol. The Hall–Kier alpha value is -2.89. The van der Waals surface area contributed by atoms with Gasteiger partial charge in [0.2, 0.25) is 11.8 Å². The topological polar surface area (TPSA) is 71.5 Å². The molecule has 2 amide bonds. The summed E-state index contributed by atoms with van der Waals surface area (Å²) in [4.78, 5) is 30.5. The molecular weight excluding hydrogens is 330 g/mol. The van der Waals surface area contributed by atoms with E-state index in [0.29, 0.717) is 18.8 Å². The molecule has 1 aromatic heterocycles. The van der Waals surface area contributed by atoms with E-state index in [4.69, 9.17) is 4.74 Å². The van der Waals surface area contributed by atoms with Gasteiger partial charge in [-0.3, -0.25) is 14.6 Å². The summed E-state index contributed by atoms with van der Waals surface area (Å²) in [5.41, 5.74) is 1.66. The number of nitrogens with one attached hydrogen (secondary N) is 1. The van der Waals surface area contributed by atoms with E-state index in [-0.39, 0.29) is 30.3 Å². The largest absolute Gasteiger partial charge is 0.491 e. The van der Waals surface area contributed by atoms with Gasteiger partial charge in [-0.25, -0.2) is 0 Å². The fourth-order valence-corrected chi connectivity index (χ4v) is 2.95. The van der Waals surface area contributed by atoms with Crippen molar-refractivity contribution in [1.29, 1.82) is 0 Å². The third-order valence-corrected chi connectivity index (χ3v) is 4.18. The Morgan fingerprint density at radius 2 is 2.08 bits per heavy atom. The molecule has 1 unspecified atom stereocenters. The van der Waals surface area contributed by atoms with Gasteiger partial charge in [0.05, 0.1) is 12.0 Å². The number of rotatable bonds is 6. The van der Waals surface area contributed by atoms with Crippen molar-refractivity contribution in [3.8, 4) is 5.75 Å². The molecule has 6 heteroatoms. The lowest BCUT2D eigenvalue weighted by molar-refractivity contribution is -0.128. The van der Waals surface area contributed by atoms with Crippen LogP contribution in [0.4, 0.5) is 5.69 Å². The van der Waals surface area contributed by atoms with Crippen LogP contribution in [-0.4, -0.2) is 34.3 Å². The molecule has 1 saturated heterocycles. The van der Waals surface area contributed by atoms with Crippen molar-refractivity contribution in [1.82, 2.24) is 9.88 Å². The standard InChI is InChI=1S/C20H23N3O3/c1-14(2)26-18-7-5-17(6-8-18)22-20(25)16-10-19(24)23(13-16)12-15-4-3-9-21-11-15/h3-9,11,14,16H,10,12-13H2,1-2H3,(H,22,25). The lowest BCUT2D eigenvalue weighted by Gasteiger charge is -2.16. The highest BCUT2D eigenvalue weighted by atomic mass is 16.5. The van der Waals surface area contributed by atoms with E-state index in [2.05, 4.69) is 10.3 Å². The fourth-order valence-electron chi connectivity index (χ4n) is 2.95. The zero-order valence-electron chi connectivity index (χ0n) is 15.0. The smallest absolute Gasteiger partial charge is 0.229 e. The van der Waals surface area contributed by atoms with Gasteiger partial charge >= 0.3 is 0 Å². The molecule has 0 saturated carbocycles. The van der Waals surface area contributed by atoms with Gasteiger partial charge in [0, 0.05) is 37.6 Å². The van der Waals surface area contributed by atoms with E-state index in [1.807, 2.05) is 38.1 Å². The Labute approximate surface area is 153 Å². The fraction of sp³-hybridized carbons (Fsp3) is 0.350. The normalized spacial score (nSPS) is 16.8. The molecule has 1 atom stereocenters. The van der Waals surface area contributed by atoms with E-state index < -0.39 is 0 Å². The Kier molecular flexibility index (Phi) is 5.51. The molecule has 1 aliphatic heterocycles. The summed E-state index contributed by atoms with van der Waals surface area (Å²) < 4.78 is 5.59. The summed E-state index contributed by atoms with van der Waals surface area (Å²) in [5.74, 6) is 0.279. The third-order valence-electron chi connectivity index (χ3n) is 4.18. The van der Waals surface area contributed by atoms with E-state index in [1.54, 1.807) is 29.4 Å². The number of ether oxygens (including phenoxy) is 1. The Morgan fingerprint density at radius 3 is 2.73 bits per heavy atom. The van der Waals surface area contributed by atoms with Crippen LogP contribution in [0.1, 0.15) is 25.8 Å². The number of pyridine rings is 1. The molecule has 0 aliphatic carbocycles. The summed E-state index contributed by atoms with van der Waals surface area (Å²) in [7, 11) is 0. The van der Waals surface area contributed by atoms with Gasteiger partial charge in [-0.2, -0.15) is 0 Å². The van der Waals surface area contributed by atoms with Gasteiger partial charge in [-0.1, -0.05) is 6.07 Å². The number of anilines is 1. The highest BCUT2D eigenvalue weighted by Gasteiger charge is 2.34. The van der Waals surface area contributed by atoms with Crippen LogP contribution >= 0.6 is 0 Å². The summed E-state index contributed by atoms with van der Waals surface area (Å²) in [5, 5.41) is 2.88.